The third-order valence-corrected chi connectivity index (χ3v) is 12.7. The predicted octanol–water partition coefficient (Wildman–Crippen LogP) is 3.51. The topological polar surface area (TPSA) is 150 Å². The molecule has 14 nitrogen and oxygen atoms in total. The molecule has 1 saturated heterocycles. The number of fused-ring (bicyclic) bond motifs is 3. The molecule has 4 aromatic rings. The molecule has 51 heavy (non-hydrogen) atoms. The van der Waals surface area contributed by atoms with E-state index in [0.29, 0.717) is 78.3 Å². The van der Waals surface area contributed by atoms with Gasteiger partial charge in [0, 0.05) is 36.8 Å². The van der Waals surface area contributed by atoms with Gasteiger partial charge in [0.2, 0.25) is 11.3 Å². The Kier molecular flexibility index (Phi) is 6.78. The fraction of sp³-hybridized carbons (Fsp3) is 0.568. The first-order valence-corrected chi connectivity index (χ1v) is 18.4. The Balaban J connectivity index is 1.00. The van der Waals surface area contributed by atoms with Gasteiger partial charge in [-0.3, -0.25) is 14.4 Å². The van der Waals surface area contributed by atoms with Gasteiger partial charge >= 0.3 is 0 Å². The second-order valence-electron chi connectivity index (χ2n) is 15.5. The second-order valence-corrected chi connectivity index (χ2v) is 15.5. The van der Waals surface area contributed by atoms with Crippen molar-refractivity contribution in [2.24, 2.45) is 11.3 Å². The van der Waals surface area contributed by atoms with Gasteiger partial charge in [0.25, 0.3) is 5.91 Å². The van der Waals surface area contributed by atoms with Crippen molar-refractivity contribution in [3.63, 3.8) is 0 Å². The molecule has 7 aliphatic rings. The van der Waals surface area contributed by atoms with Gasteiger partial charge in [-0.05, 0) is 80.9 Å². The molecule has 5 saturated carbocycles. The fourth-order valence-corrected chi connectivity index (χ4v) is 10.1. The molecule has 6 fully saturated rings. The highest BCUT2D eigenvalue weighted by Gasteiger charge is 2.72. The summed E-state index contributed by atoms with van der Waals surface area (Å²) in [7, 11) is 1.54. The number of hydrogen-bond acceptors (Lipinski definition) is 10. The summed E-state index contributed by atoms with van der Waals surface area (Å²) in [5, 5.41) is 13.0. The molecule has 5 aliphatic carbocycles. The van der Waals surface area contributed by atoms with E-state index in [2.05, 4.69) is 15.2 Å². The molecular formula is C37H42N8O6. The Morgan fingerprint density at radius 2 is 1.90 bits per heavy atom. The maximum absolute atomic E-state index is 14.6. The predicted molar refractivity (Wildman–Crippen MR) is 187 cm³/mol. The second kappa shape index (κ2) is 11.1. The number of oxazole rings is 1. The minimum absolute atomic E-state index is 0.0551. The van der Waals surface area contributed by atoms with Crippen LogP contribution in [0.25, 0.3) is 28.0 Å². The third-order valence-electron chi connectivity index (χ3n) is 12.7. The average Bonchev–Trinajstić information content (AvgIpc) is 3.63. The lowest BCUT2D eigenvalue weighted by atomic mass is 9.37. The summed E-state index contributed by atoms with van der Waals surface area (Å²) in [5.74, 6) is 1.06. The monoisotopic (exact) mass is 694 g/mol. The van der Waals surface area contributed by atoms with E-state index < -0.39 is 0 Å². The van der Waals surface area contributed by atoms with Crippen molar-refractivity contribution in [2.75, 3.05) is 38.3 Å². The number of ether oxygens (including phenoxy) is 2. The van der Waals surface area contributed by atoms with Crippen LogP contribution in [0.1, 0.15) is 74.3 Å². The Labute approximate surface area is 293 Å². The van der Waals surface area contributed by atoms with E-state index in [9.17, 15) is 14.4 Å². The maximum Gasteiger partial charge on any atom is 0.261 e. The van der Waals surface area contributed by atoms with E-state index in [4.69, 9.17) is 24.1 Å². The number of pyridine rings is 1. The number of carbonyl (C=O) groups is 2. The largest absolute Gasteiger partial charge is 0.496 e. The number of carbonyl (C=O) groups excluding carboxylic acids is 2. The number of nitrogens with zero attached hydrogens (tertiary/aromatic N) is 7. The first kappa shape index (κ1) is 31.1. The highest BCUT2D eigenvalue weighted by molar-refractivity contribution is 6.07. The molecule has 2 bridgehead atoms. The highest BCUT2D eigenvalue weighted by Crippen LogP contribution is 2.75. The third kappa shape index (κ3) is 4.57. The number of methoxy groups -OCH3 is 1. The molecule has 2 aliphatic heterocycles. The van der Waals surface area contributed by atoms with Crippen LogP contribution in [0.5, 0.6) is 5.75 Å². The smallest absolute Gasteiger partial charge is 0.261 e. The van der Waals surface area contributed by atoms with Crippen LogP contribution in [0.15, 0.2) is 33.8 Å². The van der Waals surface area contributed by atoms with Crippen LogP contribution < -0.4 is 20.4 Å². The average molecular weight is 695 g/mol. The molecule has 2 amide bonds. The van der Waals surface area contributed by atoms with Gasteiger partial charge in [-0.15, -0.1) is 10.2 Å². The Hall–Kier alpha value is -4.72. The van der Waals surface area contributed by atoms with Crippen LogP contribution in [0.4, 0.5) is 5.69 Å². The number of hydrogen-bond donors (Lipinski definition) is 1. The first-order valence-electron chi connectivity index (χ1n) is 18.4. The highest BCUT2D eigenvalue weighted by atomic mass is 16.5. The Morgan fingerprint density at radius 3 is 2.61 bits per heavy atom. The number of amides is 2. The number of aromatic nitrogens is 5. The first-order chi connectivity index (χ1) is 24.8. The Morgan fingerprint density at radius 1 is 1.08 bits per heavy atom. The van der Waals surface area contributed by atoms with Crippen LogP contribution in [-0.2, 0) is 22.5 Å². The van der Waals surface area contributed by atoms with E-state index in [1.165, 1.54) is 19.2 Å². The zero-order valence-corrected chi connectivity index (χ0v) is 29.0. The molecule has 0 radical (unpaired) electrons. The molecule has 0 unspecified atom stereocenters. The van der Waals surface area contributed by atoms with Crippen molar-refractivity contribution in [1.82, 2.24) is 34.8 Å². The molecule has 0 spiro atoms. The van der Waals surface area contributed by atoms with Crippen molar-refractivity contribution < 1.29 is 23.5 Å². The van der Waals surface area contributed by atoms with Gasteiger partial charge < -0.3 is 33.6 Å². The molecule has 266 valence electrons. The zero-order valence-electron chi connectivity index (χ0n) is 29.0. The summed E-state index contributed by atoms with van der Waals surface area (Å²) >= 11 is 0. The lowest BCUT2D eigenvalue weighted by Crippen LogP contribution is -2.75. The van der Waals surface area contributed by atoms with Gasteiger partial charge in [-0.25, -0.2) is 4.98 Å². The Bertz CT molecular complexity index is 2190. The molecule has 1 N–H and O–H groups in total. The SMILES string of the molecule is CCc1c(N2CCN(C(=O)c3c(OC)ccc4ncoc34)[C@H]3CC[C@@H]32)c(=O)c2nn(C3=CCOCC3)nc2n1CC(=O)NC12CC(C3CC3)(C1)C2. The number of rotatable bonds is 9. The minimum Gasteiger partial charge on any atom is -0.496 e. The quantitative estimate of drug-likeness (QED) is 0.276. The van der Waals surface area contributed by atoms with E-state index in [0.717, 1.165) is 49.4 Å². The molecule has 5 heterocycles. The van der Waals surface area contributed by atoms with Gasteiger partial charge in [-0.2, -0.15) is 4.80 Å². The summed E-state index contributed by atoms with van der Waals surface area (Å²) < 4.78 is 18.7. The summed E-state index contributed by atoms with van der Waals surface area (Å²) in [5.41, 5.74) is 4.41. The van der Waals surface area contributed by atoms with Crippen molar-refractivity contribution in [3.05, 3.63) is 46.1 Å². The van der Waals surface area contributed by atoms with Crippen molar-refractivity contribution in [2.45, 2.75) is 88.9 Å². The molecule has 14 heteroatoms. The van der Waals surface area contributed by atoms with Gasteiger partial charge in [0.15, 0.2) is 23.1 Å². The fourth-order valence-electron chi connectivity index (χ4n) is 10.1. The van der Waals surface area contributed by atoms with E-state index >= 15 is 0 Å². The van der Waals surface area contributed by atoms with Crippen LogP contribution in [0.2, 0.25) is 0 Å². The van der Waals surface area contributed by atoms with Crippen LogP contribution >= 0.6 is 0 Å². The zero-order chi connectivity index (χ0) is 34.6. The number of piperazine rings is 1. The maximum atomic E-state index is 14.6. The summed E-state index contributed by atoms with van der Waals surface area (Å²) in [6.07, 6.45) is 12.0. The van der Waals surface area contributed by atoms with E-state index in [1.807, 2.05) is 22.5 Å². The molecule has 3 aromatic heterocycles. The van der Waals surface area contributed by atoms with E-state index in [1.54, 1.807) is 24.0 Å². The molecule has 2 atom stereocenters. The van der Waals surface area contributed by atoms with Crippen LogP contribution in [0, 0.1) is 11.3 Å². The van der Waals surface area contributed by atoms with Crippen molar-refractivity contribution in [3.8, 4) is 5.75 Å². The number of anilines is 1. The van der Waals surface area contributed by atoms with Crippen LogP contribution in [-0.4, -0.2) is 92.3 Å². The van der Waals surface area contributed by atoms with Crippen LogP contribution in [0.3, 0.4) is 0 Å². The normalized spacial score (nSPS) is 28.1. The van der Waals surface area contributed by atoms with Crippen molar-refractivity contribution >= 4 is 45.5 Å². The molecule has 11 rings (SSSR count). The lowest BCUT2D eigenvalue weighted by molar-refractivity contribution is -0.176. The number of benzene rings is 1. The standard InChI is InChI=1S/C37H42N8O6/c1-3-24-31(42-12-13-43(26-8-7-25(26)42)35(48)29-27(49-2)9-6-23-33(29)51-20-38-23)32(47)30-34(41-45(40-30)22-10-14-50-15-11-22)44(24)16-28(46)39-37-17-36(18-37,19-37)21-4-5-21/h6,9-10,20-21,25-26H,3-5,7-8,11-19H2,1-2H3,(H,39,46)/t25-,26-,36?,37?/m0/s1. The van der Waals surface area contributed by atoms with Crippen molar-refractivity contribution in [1.29, 1.82) is 0 Å². The van der Waals surface area contributed by atoms with Gasteiger partial charge in [0.1, 0.15) is 29.1 Å². The van der Waals surface area contributed by atoms with Gasteiger partial charge in [0.05, 0.1) is 32.1 Å². The number of nitrogens with one attached hydrogen (secondary N) is 1. The summed E-state index contributed by atoms with van der Waals surface area (Å²) in [6.45, 7) is 3.93. The lowest BCUT2D eigenvalue weighted by Gasteiger charge is -2.71. The minimum atomic E-state index is -0.193. The molecular weight excluding hydrogens is 652 g/mol. The summed E-state index contributed by atoms with van der Waals surface area (Å²) in [6, 6.07) is 3.33. The van der Waals surface area contributed by atoms with Gasteiger partial charge in [-0.1, -0.05) is 6.92 Å². The van der Waals surface area contributed by atoms with E-state index in [-0.39, 0.29) is 46.9 Å². The summed E-state index contributed by atoms with van der Waals surface area (Å²) in [4.78, 5) is 52.6. The molecule has 1 aromatic carbocycles.